The Bertz CT molecular complexity index is 1250. The summed E-state index contributed by atoms with van der Waals surface area (Å²) in [7, 11) is 5.01. The highest BCUT2D eigenvalue weighted by Crippen LogP contribution is 2.19. The lowest BCUT2D eigenvalue weighted by atomic mass is 10.1. The van der Waals surface area contributed by atoms with Crippen molar-refractivity contribution in [2.45, 2.75) is 25.4 Å². The first-order chi connectivity index (χ1) is 16.5. The number of aliphatic carboxylic acids is 1. The third kappa shape index (κ3) is 6.88. The molecule has 0 bridgehead atoms. The van der Waals surface area contributed by atoms with E-state index in [0.29, 0.717) is 29.0 Å². The van der Waals surface area contributed by atoms with Crippen LogP contribution in [0.1, 0.15) is 28.9 Å². The second-order valence-electron chi connectivity index (χ2n) is 8.09. The fourth-order valence-corrected chi connectivity index (χ4v) is 3.25. The summed E-state index contributed by atoms with van der Waals surface area (Å²) < 4.78 is 0. The molecule has 2 amide bonds. The zero-order chi connectivity index (χ0) is 25.7. The summed E-state index contributed by atoms with van der Waals surface area (Å²) in [5, 5.41) is 11.9. The topological polar surface area (TPSA) is 194 Å². The number of carboxylic acids is 1. The molecule has 1 aromatic carbocycles. The summed E-state index contributed by atoms with van der Waals surface area (Å²) in [6.45, 7) is 0.388. The van der Waals surface area contributed by atoms with Crippen LogP contribution >= 0.6 is 12.4 Å². The van der Waals surface area contributed by atoms with E-state index in [-0.39, 0.29) is 42.9 Å². The van der Waals surface area contributed by atoms with Crippen LogP contribution in [-0.4, -0.2) is 74.9 Å². The number of benzene rings is 1. The van der Waals surface area contributed by atoms with Crippen LogP contribution in [-0.2, 0) is 16.1 Å². The molecule has 14 heteroatoms. The van der Waals surface area contributed by atoms with Crippen molar-refractivity contribution < 1.29 is 19.5 Å². The minimum Gasteiger partial charge on any atom is -0.480 e. The van der Waals surface area contributed by atoms with E-state index in [2.05, 4.69) is 25.3 Å². The number of carbonyl (C=O) groups excluding carboxylic acids is 2. The van der Waals surface area contributed by atoms with Crippen molar-refractivity contribution in [2.24, 2.45) is 0 Å². The van der Waals surface area contributed by atoms with Crippen LogP contribution in [0.25, 0.3) is 11.2 Å². The van der Waals surface area contributed by atoms with Gasteiger partial charge in [0.1, 0.15) is 6.04 Å². The molecule has 1 atom stereocenters. The first-order valence-corrected chi connectivity index (χ1v) is 10.6. The number of hydrogen-bond acceptors (Lipinski definition) is 10. The second kappa shape index (κ2) is 11.9. The third-order valence-corrected chi connectivity index (χ3v) is 5.22. The minimum absolute atomic E-state index is 0. The van der Waals surface area contributed by atoms with Crippen molar-refractivity contribution in [3.8, 4) is 0 Å². The summed E-state index contributed by atoms with van der Waals surface area (Å²) in [6, 6.07) is 5.46. The van der Waals surface area contributed by atoms with Gasteiger partial charge < -0.3 is 31.7 Å². The quantitative estimate of drug-likeness (QED) is 0.312. The average Bonchev–Trinajstić information content (AvgIpc) is 2.81. The van der Waals surface area contributed by atoms with Gasteiger partial charge in [0.05, 0.1) is 18.4 Å². The number of nitrogens with two attached hydrogens (primary N) is 2. The number of anilines is 3. The molecule has 2 aromatic heterocycles. The van der Waals surface area contributed by atoms with E-state index in [0.717, 1.165) is 5.69 Å². The molecular formula is C22H28ClN9O4. The Balaban J connectivity index is 0.00000456. The van der Waals surface area contributed by atoms with Gasteiger partial charge >= 0.3 is 5.97 Å². The Hall–Kier alpha value is -4.26. The van der Waals surface area contributed by atoms with Crippen molar-refractivity contribution in [3.05, 3.63) is 41.7 Å². The van der Waals surface area contributed by atoms with Gasteiger partial charge in [-0.3, -0.25) is 9.59 Å². The molecule has 0 spiro atoms. The van der Waals surface area contributed by atoms with Gasteiger partial charge in [-0.25, -0.2) is 14.8 Å². The first kappa shape index (κ1) is 28.0. The van der Waals surface area contributed by atoms with Gasteiger partial charge in [-0.2, -0.15) is 9.97 Å². The number of amides is 2. The number of fused-ring (bicyclic) bond motifs is 1. The van der Waals surface area contributed by atoms with E-state index in [9.17, 15) is 19.5 Å². The van der Waals surface area contributed by atoms with Crippen molar-refractivity contribution in [3.63, 3.8) is 0 Å². The number of rotatable bonds is 9. The molecule has 0 radical (unpaired) electrons. The third-order valence-electron chi connectivity index (χ3n) is 5.22. The fourth-order valence-electron chi connectivity index (χ4n) is 3.25. The van der Waals surface area contributed by atoms with Gasteiger partial charge in [-0.15, -0.1) is 12.4 Å². The molecule has 3 rings (SSSR count). The Morgan fingerprint density at radius 1 is 1.06 bits per heavy atom. The summed E-state index contributed by atoms with van der Waals surface area (Å²) in [6.07, 6.45) is 1.57. The van der Waals surface area contributed by atoms with Crippen LogP contribution in [0.2, 0.25) is 0 Å². The minimum atomic E-state index is -1.20. The fraction of sp³-hybridized carbons (Fsp3) is 0.318. The summed E-state index contributed by atoms with van der Waals surface area (Å²) in [5.74, 6) is -1.79. The molecule has 0 unspecified atom stereocenters. The lowest BCUT2D eigenvalue weighted by Gasteiger charge is -2.20. The summed E-state index contributed by atoms with van der Waals surface area (Å²) in [5.41, 5.74) is 13.8. The molecule has 0 aliphatic rings. The maximum absolute atomic E-state index is 12.6. The van der Waals surface area contributed by atoms with Gasteiger partial charge in [0, 0.05) is 38.8 Å². The Morgan fingerprint density at radius 2 is 1.72 bits per heavy atom. The molecule has 0 aliphatic heterocycles. The van der Waals surface area contributed by atoms with Crippen molar-refractivity contribution in [1.82, 2.24) is 30.2 Å². The number of halogens is 1. The van der Waals surface area contributed by atoms with Crippen LogP contribution < -0.4 is 21.7 Å². The first-order valence-electron chi connectivity index (χ1n) is 10.6. The van der Waals surface area contributed by atoms with E-state index < -0.39 is 17.9 Å². The van der Waals surface area contributed by atoms with Crippen LogP contribution in [0.5, 0.6) is 0 Å². The molecule has 0 saturated heterocycles. The van der Waals surface area contributed by atoms with Crippen molar-refractivity contribution in [2.75, 3.05) is 37.5 Å². The van der Waals surface area contributed by atoms with Gasteiger partial charge in [0.25, 0.3) is 5.91 Å². The highest BCUT2D eigenvalue weighted by Gasteiger charge is 2.22. The normalized spacial score (nSPS) is 11.3. The summed E-state index contributed by atoms with van der Waals surface area (Å²) >= 11 is 0. The Labute approximate surface area is 213 Å². The largest absolute Gasteiger partial charge is 0.480 e. The van der Waals surface area contributed by atoms with Crippen LogP contribution in [0.4, 0.5) is 17.5 Å². The van der Waals surface area contributed by atoms with E-state index in [1.54, 1.807) is 44.6 Å². The Kier molecular flexibility index (Phi) is 9.27. The van der Waals surface area contributed by atoms with Crippen molar-refractivity contribution in [1.29, 1.82) is 0 Å². The molecule has 192 valence electrons. The van der Waals surface area contributed by atoms with Crippen LogP contribution in [0, 0.1) is 0 Å². The lowest BCUT2D eigenvalue weighted by Crippen LogP contribution is -2.41. The highest BCUT2D eigenvalue weighted by molar-refractivity contribution is 5.97. The predicted molar refractivity (Wildman–Crippen MR) is 137 cm³/mol. The average molecular weight is 518 g/mol. The van der Waals surface area contributed by atoms with Crippen molar-refractivity contribution >= 4 is 58.8 Å². The highest BCUT2D eigenvalue weighted by atomic mass is 35.5. The number of nitrogens with zero attached hydrogens (tertiary/aromatic N) is 6. The molecule has 6 N–H and O–H groups in total. The van der Waals surface area contributed by atoms with E-state index in [1.165, 1.54) is 4.90 Å². The molecule has 0 aliphatic carbocycles. The van der Waals surface area contributed by atoms with Gasteiger partial charge in [-0.05, 0) is 30.7 Å². The zero-order valence-electron chi connectivity index (χ0n) is 20.0. The standard InChI is InChI=1S/C22H27N9O4.ClH/c1-30(2)16(32)9-8-15(21(34)35)27-20(33)12-4-6-14(7-5-12)31(3)11-13-10-25-19-17(26-13)18(23)28-22(24)29-19;/h4-7,10,15H,8-9,11H2,1-3H3,(H,27,33)(H,34,35)(H4,23,24,25,28,29);1H/t15-;/m0./s1. The van der Waals surface area contributed by atoms with Crippen LogP contribution in [0.15, 0.2) is 30.5 Å². The van der Waals surface area contributed by atoms with Gasteiger partial charge in [-0.1, -0.05) is 0 Å². The second-order valence-corrected chi connectivity index (χ2v) is 8.09. The smallest absolute Gasteiger partial charge is 0.326 e. The Morgan fingerprint density at radius 3 is 2.33 bits per heavy atom. The number of carbonyl (C=O) groups is 3. The van der Waals surface area contributed by atoms with E-state index in [4.69, 9.17) is 11.5 Å². The van der Waals surface area contributed by atoms with Gasteiger partial charge in [0.2, 0.25) is 11.9 Å². The molecule has 0 saturated carbocycles. The number of nitrogen functional groups attached to an aromatic ring is 2. The predicted octanol–water partition coefficient (Wildman–Crippen LogP) is 0.694. The molecule has 13 nitrogen and oxygen atoms in total. The molecular weight excluding hydrogens is 490 g/mol. The van der Waals surface area contributed by atoms with Gasteiger partial charge in [0.15, 0.2) is 17.0 Å². The van der Waals surface area contributed by atoms with Crippen LogP contribution in [0.3, 0.4) is 0 Å². The number of hydrogen-bond donors (Lipinski definition) is 4. The summed E-state index contributed by atoms with van der Waals surface area (Å²) in [4.78, 5) is 55.7. The number of aromatic nitrogens is 4. The zero-order valence-corrected chi connectivity index (χ0v) is 20.8. The van der Waals surface area contributed by atoms with E-state index in [1.807, 2.05) is 11.9 Å². The lowest BCUT2D eigenvalue weighted by molar-refractivity contribution is -0.139. The molecule has 0 fully saturated rings. The maximum atomic E-state index is 12.6. The molecule has 2 heterocycles. The number of carboxylic acid groups (broad SMARTS) is 1. The maximum Gasteiger partial charge on any atom is 0.326 e. The van der Waals surface area contributed by atoms with E-state index >= 15 is 0 Å². The number of nitrogens with one attached hydrogen (secondary N) is 1. The molecule has 36 heavy (non-hydrogen) atoms. The monoisotopic (exact) mass is 517 g/mol. The molecule has 3 aromatic rings. The SMILES string of the molecule is CN(C)C(=O)CC[C@H](NC(=O)c1ccc(N(C)Cc2cnc3nc(N)nc(N)c3n2)cc1)C(=O)O.Cl.